The molecular weight excluding hydrogens is 298 g/mol. The molecule has 3 aliphatic rings. The third-order valence-corrected chi connectivity index (χ3v) is 6.61. The van der Waals surface area contributed by atoms with Crippen molar-refractivity contribution in [2.24, 2.45) is 0 Å². The van der Waals surface area contributed by atoms with Gasteiger partial charge in [-0.05, 0) is 19.3 Å². The van der Waals surface area contributed by atoms with Gasteiger partial charge in [0.05, 0.1) is 12.3 Å². The third kappa shape index (κ3) is 2.29. The van der Waals surface area contributed by atoms with Crippen LogP contribution in [0, 0.1) is 0 Å². The van der Waals surface area contributed by atoms with Crippen molar-refractivity contribution < 1.29 is 22.8 Å². The summed E-state index contributed by atoms with van der Waals surface area (Å²) in [4.78, 5) is 36.9. The van der Waals surface area contributed by atoms with Crippen LogP contribution in [0.2, 0.25) is 0 Å². The fourth-order valence-electron chi connectivity index (χ4n) is 3.25. The molecular formula is C12H17N3O5S. The maximum Gasteiger partial charge on any atom is 0.322 e. The average Bonchev–Trinajstić information content (AvgIpc) is 2.93. The minimum Gasteiger partial charge on any atom is -0.339 e. The topological polar surface area (TPSA) is 113 Å². The van der Waals surface area contributed by atoms with E-state index in [0.717, 1.165) is 0 Å². The van der Waals surface area contributed by atoms with E-state index in [4.69, 9.17) is 0 Å². The predicted molar refractivity (Wildman–Crippen MR) is 72.0 cm³/mol. The Labute approximate surface area is 122 Å². The second kappa shape index (κ2) is 4.69. The van der Waals surface area contributed by atoms with Gasteiger partial charge < -0.3 is 10.2 Å². The molecule has 3 aliphatic heterocycles. The van der Waals surface area contributed by atoms with Gasteiger partial charge in [-0.3, -0.25) is 14.9 Å². The summed E-state index contributed by atoms with van der Waals surface area (Å²) in [6, 6.07) is -0.570. The molecule has 2 atom stereocenters. The van der Waals surface area contributed by atoms with Crippen molar-refractivity contribution in [3.8, 4) is 0 Å². The van der Waals surface area contributed by atoms with E-state index >= 15 is 0 Å². The Balaban J connectivity index is 1.76. The van der Waals surface area contributed by atoms with Crippen molar-refractivity contribution in [2.45, 2.75) is 36.5 Å². The van der Waals surface area contributed by atoms with Crippen LogP contribution in [0.5, 0.6) is 0 Å². The van der Waals surface area contributed by atoms with Crippen LogP contribution in [0.4, 0.5) is 4.79 Å². The number of rotatable bonds is 1. The van der Waals surface area contributed by atoms with Gasteiger partial charge >= 0.3 is 6.03 Å². The summed E-state index contributed by atoms with van der Waals surface area (Å²) in [6.07, 6.45) is 1.95. The van der Waals surface area contributed by atoms with E-state index in [9.17, 15) is 22.8 Å². The summed E-state index contributed by atoms with van der Waals surface area (Å²) >= 11 is 0. The second-order valence-electron chi connectivity index (χ2n) is 5.85. The highest BCUT2D eigenvalue weighted by Gasteiger charge is 2.53. The number of carbonyl (C=O) groups is 3. The normalized spacial score (nSPS) is 34.9. The SMILES string of the molecule is O=C1NC(=O)C2(CCN(C(=O)C3CCCCS3(=O)=O)C2)N1. The number of sulfone groups is 1. The van der Waals surface area contributed by atoms with Crippen molar-refractivity contribution in [1.29, 1.82) is 0 Å². The molecule has 3 fully saturated rings. The minimum atomic E-state index is -3.40. The largest absolute Gasteiger partial charge is 0.339 e. The molecule has 116 valence electrons. The van der Waals surface area contributed by atoms with E-state index in [0.29, 0.717) is 25.7 Å². The first-order chi connectivity index (χ1) is 9.84. The van der Waals surface area contributed by atoms with Crippen molar-refractivity contribution >= 4 is 27.7 Å². The molecule has 0 aromatic heterocycles. The Morgan fingerprint density at radius 3 is 2.67 bits per heavy atom. The van der Waals surface area contributed by atoms with Gasteiger partial charge in [-0.1, -0.05) is 6.42 Å². The molecule has 0 aliphatic carbocycles. The molecule has 2 N–H and O–H groups in total. The Bertz CT molecular complexity index is 616. The Hall–Kier alpha value is -1.64. The summed E-state index contributed by atoms with van der Waals surface area (Å²) in [5.41, 5.74) is -1.09. The zero-order valence-electron chi connectivity index (χ0n) is 11.4. The molecule has 3 saturated heterocycles. The highest BCUT2D eigenvalue weighted by atomic mass is 32.2. The van der Waals surface area contributed by atoms with Gasteiger partial charge in [0.1, 0.15) is 10.8 Å². The number of imide groups is 1. The molecule has 9 heteroatoms. The first kappa shape index (κ1) is 14.3. The monoisotopic (exact) mass is 315 g/mol. The summed E-state index contributed by atoms with van der Waals surface area (Å²) in [5.74, 6) is -0.852. The van der Waals surface area contributed by atoms with Gasteiger partial charge in [-0.2, -0.15) is 0 Å². The molecule has 2 unspecified atom stereocenters. The number of hydrogen-bond donors (Lipinski definition) is 2. The Morgan fingerprint density at radius 1 is 1.29 bits per heavy atom. The zero-order chi connectivity index (χ0) is 15.3. The van der Waals surface area contributed by atoms with Crippen LogP contribution in [0.25, 0.3) is 0 Å². The maximum atomic E-state index is 12.4. The lowest BCUT2D eigenvalue weighted by atomic mass is 9.99. The smallest absolute Gasteiger partial charge is 0.322 e. The molecule has 1 spiro atoms. The molecule has 4 amide bonds. The van der Waals surface area contributed by atoms with E-state index < -0.39 is 38.5 Å². The highest BCUT2D eigenvalue weighted by Crippen LogP contribution is 2.28. The average molecular weight is 315 g/mol. The molecule has 21 heavy (non-hydrogen) atoms. The number of hydrogen-bond acceptors (Lipinski definition) is 5. The van der Waals surface area contributed by atoms with Crippen LogP contribution in [-0.4, -0.2) is 60.8 Å². The summed E-state index contributed by atoms with van der Waals surface area (Å²) in [7, 11) is -3.40. The summed E-state index contributed by atoms with van der Waals surface area (Å²) < 4.78 is 24.0. The quantitative estimate of drug-likeness (QED) is 0.588. The maximum absolute atomic E-state index is 12.4. The third-order valence-electron chi connectivity index (χ3n) is 4.45. The second-order valence-corrected chi connectivity index (χ2v) is 8.15. The van der Waals surface area contributed by atoms with Gasteiger partial charge in [0.2, 0.25) is 5.91 Å². The lowest BCUT2D eigenvalue weighted by molar-refractivity contribution is -0.130. The Morgan fingerprint density at radius 2 is 2.05 bits per heavy atom. The van der Waals surface area contributed by atoms with Gasteiger partial charge in [-0.15, -0.1) is 0 Å². The summed E-state index contributed by atoms with van der Waals surface area (Å²) in [6.45, 7) is 0.313. The van der Waals surface area contributed by atoms with E-state index in [1.165, 1.54) is 4.90 Å². The van der Waals surface area contributed by atoms with Crippen LogP contribution in [0.1, 0.15) is 25.7 Å². The van der Waals surface area contributed by atoms with Crippen molar-refractivity contribution in [2.75, 3.05) is 18.8 Å². The number of carbonyl (C=O) groups excluding carboxylic acids is 3. The first-order valence-corrected chi connectivity index (χ1v) is 8.70. The van der Waals surface area contributed by atoms with Crippen molar-refractivity contribution in [1.82, 2.24) is 15.5 Å². The van der Waals surface area contributed by atoms with Gasteiger partial charge in [0.15, 0.2) is 9.84 Å². The number of nitrogens with zero attached hydrogens (tertiary/aromatic N) is 1. The molecule has 0 bridgehead atoms. The van der Waals surface area contributed by atoms with Crippen molar-refractivity contribution in [3.05, 3.63) is 0 Å². The Kier molecular flexibility index (Phi) is 3.19. The number of urea groups is 1. The van der Waals surface area contributed by atoms with E-state index in [-0.39, 0.29) is 18.8 Å². The standard InChI is InChI=1S/C12H17N3O5S/c16-9(8-3-1-2-6-21(8,19)20)15-5-4-12(7-15)10(17)13-11(18)14-12/h8H,1-7H2,(H2,13,14,17,18). The number of likely N-dealkylation sites (tertiary alicyclic amines) is 1. The molecule has 8 nitrogen and oxygen atoms in total. The molecule has 0 saturated carbocycles. The lowest BCUT2D eigenvalue weighted by Gasteiger charge is -2.27. The fourth-order valence-corrected chi connectivity index (χ4v) is 5.12. The zero-order valence-corrected chi connectivity index (χ0v) is 12.2. The molecule has 0 aromatic carbocycles. The van der Waals surface area contributed by atoms with Gasteiger partial charge in [0.25, 0.3) is 5.91 Å². The van der Waals surface area contributed by atoms with Crippen LogP contribution < -0.4 is 10.6 Å². The van der Waals surface area contributed by atoms with Gasteiger partial charge in [-0.25, -0.2) is 13.2 Å². The van der Waals surface area contributed by atoms with E-state index in [2.05, 4.69) is 10.6 Å². The van der Waals surface area contributed by atoms with Crippen LogP contribution in [0.15, 0.2) is 0 Å². The lowest BCUT2D eigenvalue weighted by Crippen LogP contribution is -2.51. The van der Waals surface area contributed by atoms with E-state index in [1.807, 2.05) is 0 Å². The molecule has 3 heterocycles. The molecule has 0 aromatic rings. The van der Waals surface area contributed by atoms with Crippen molar-refractivity contribution in [3.63, 3.8) is 0 Å². The van der Waals surface area contributed by atoms with Gasteiger partial charge in [0, 0.05) is 6.54 Å². The number of amides is 4. The molecule has 0 radical (unpaired) electrons. The predicted octanol–water partition coefficient (Wildman–Crippen LogP) is -1.24. The molecule has 3 rings (SSSR count). The first-order valence-electron chi connectivity index (χ1n) is 6.98. The minimum absolute atomic E-state index is 0.0371. The van der Waals surface area contributed by atoms with Crippen LogP contribution in [0.3, 0.4) is 0 Å². The van der Waals surface area contributed by atoms with Crippen LogP contribution >= 0.6 is 0 Å². The van der Waals surface area contributed by atoms with E-state index in [1.54, 1.807) is 0 Å². The number of nitrogens with one attached hydrogen (secondary N) is 2. The highest BCUT2D eigenvalue weighted by molar-refractivity contribution is 7.92. The fraction of sp³-hybridized carbons (Fsp3) is 0.750. The summed E-state index contributed by atoms with van der Waals surface area (Å²) in [5, 5.41) is 3.71. The van der Waals surface area contributed by atoms with Crippen LogP contribution in [-0.2, 0) is 19.4 Å².